The first-order chi connectivity index (χ1) is 8.20. The molecule has 0 spiro atoms. The Labute approximate surface area is 109 Å². The number of nitro groups is 1. The Morgan fingerprint density at radius 2 is 2.06 bits per heavy atom. The van der Waals surface area contributed by atoms with Crippen molar-refractivity contribution in [3.63, 3.8) is 0 Å². The van der Waals surface area contributed by atoms with E-state index in [1.165, 1.54) is 18.2 Å². The van der Waals surface area contributed by atoms with Crippen LogP contribution in [0.5, 0.6) is 0 Å². The average Bonchev–Trinajstić information content (AvgIpc) is 2.24. The Hall–Kier alpha value is -1.66. The molecule has 1 amide bonds. The van der Waals surface area contributed by atoms with Crippen molar-refractivity contribution in [2.45, 2.75) is 26.4 Å². The van der Waals surface area contributed by atoms with E-state index in [9.17, 15) is 14.9 Å². The molecule has 0 unspecified atom stereocenters. The highest BCUT2D eigenvalue weighted by molar-refractivity contribution is 6.31. The predicted octanol–water partition coefficient (Wildman–Crippen LogP) is 2.71. The Bertz CT molecular complexity index is 482. The van der Waals surface area contributed by atoms with Gasteiger partial charge in [-0.25, -0.2) is 5.48 Å². The number of nitrogens with zero attached hydrogens (tertiary/aromatic N) is 1. The third-order valence-electron chi connectivity index (χ3n) is 1.85. The van der Waals surface area contributed by atoms with Gasteiger partial charge in [0, 0.05) is 11.1 Å². The van der Waals surface area contributed by atoms with Crippen LogP contribution in [0.2, 0.25) is 5.02 Å². The SMILES string of the molecule is CC(C)(C)ONC(=O)c1cc(Cl)ccc1[N+](=O)[O-]. The molecule has 18 heavy (non-hydrogen) atoms. The lowest BCUT2D eigenvalue weighted by Gasteiger charge is -2.18. The minimum absolute atomic E-state index is 0.142. The van der Waals surface area contributed by atoms with E-state index in [2.05, 4.69) is 5.48 Å². The zero-order valence-corrected chi connectivity index (χ0v) is 10.9. The normalized spacial score (nSPS) is 11.1. The molecule has 0 heterocycles. The standard InChI is InChI=1S/C11H13ClN2O4/c1-11(2,3)18-13-10(15)8-6-7(12)4-5-9(8)14(16)17/h4-6H,1-3H3,(H,13,15). The van der Waals surface area contributed by atoms with Crippen molar-refractivity contribution in [2.24, 2.45) is 0 Å². The maximum absolute atomic E-state index is 11.8. The molecule has 0 aliphatic heterocycles. The maximum Gasteiger partial charge on any atom is 0.282 e. The summed E-state index contributed by atoms with van der Waals surface area (Å²) in [5, 5.41) is 11.0. The molecule has 0 radical (unpaired) electrons. The summed E-state index contributed by atoms with van der Waals surface area (Å²) in [5.41, 5.74) is 1.10. The van der Waals surface area contributed by atoms with Gasteiger partial charge in [0.05, 0.1) is 10.5 Å². The molecule has 0 saturated heterocycles. The van der Waals surface area contributed by atoms with Crippen LogP contribution >= 0.6 is 11.6 Å². The largest absolute Gasteiger partial charge is 0.282 e. The van der Waals surface area contributed by atoms with Gasteiger partial charge in [0.25, 0.3) is 11.6 Å². The molecule has 0 fully saturated rings. The highest BCUT2D eigenvalue weighted by Crippen LogP contribution is 2.22. The van der Waals surface area contributed by atoms with Crippen LogP contribution in [0.3, 0.4) is 0 Å². The number of hydroxylamine groups is 1. The van der Waals surface area contributed by atoms with Crippen LogP contribution in [0.25, 0.3) is 0 Å². The third kappa shape index (κ3) is 3.97. The number of halogens is 1. The molecule has 0 atom stereocenters. The van der Waals surface area contributed by atoms with E-state index in [1.54, 1.807) is 20.8 Å². The summed E-state index contributed by atoms with van der Waals surface area (Å²) in [6, 6.07) is 3.75. The minimum Gasteiger partial charge on any atom is -0.268 e. The summed E-state index contributed by atoms with van der Waals surface area (Å²) in [7, 11) is 0. The maximum atomic E-state index is 11.8. The highest BCUT2D eigenvalue weighted by Gasteiger charge is 2.22. The first kappa shape index (κ1) is 14.4. The molecule has 1 N–H and O–H groups in total. The van der Waals surface area contributed by atoms with Crippen molar-refractivity contribution in [1.29, 1.82) is 0 Å². The number of carbonyl (C=O) groups excluding carboxylic acids is 1. The smallest absolute Gasteiger partial charge is 0.268 e. The highest BCUT2D eigenvalue weighted by atomic mass is 35.5. The summed E-state index contributed by atoms with van der Waals surface area (Å²) in [4.78, 5) is 27.0. The van der Waals surface area contributed by atoms with Crippen LogP contribution in [-0.2, 0) is 4.84 Å². The van der Waals surface area contributed by atoms with Gasteiger partial charge in [-0.1, -0.05) is 11.6 Å². The fourth-order valence-corrected chi connectivity index (χ4v) is 1.28. The fraction of sp³-hybridized carbons (Fsp3) is 0.364. The molecule has 0 saturated carbocycles. The zero-order valence-electron chi connectivity index (χ0n) is 10.2. The second-order valence-electron chi connectivity index (χ2n) is 4.56. The van der Waals surface area contributed by atoms with E-state index in [4.69, 9.17) is 16.4 Å². The fourth-order valence-electron chi connectivity index (χ4n) is 1.10. The molecular formula is C11H13ClN2O4. The second kappa shape index (κ2) is 5.32. The van der Waals surface area contributed by atoms with Crippen LogP contribution in [0.4, 0.5) is 5.69 Å². The zero-order chi connectivity index (χ0) is 13.9. The Morgan fingerprint density at radius 1 is 1.44 bits per heavy atom. The van der Waals surface area contributed by atoms with Gasteiger partial charge in [0.1, 0.15) is 5.56 Å². The van der Waals surface area contributed by atoms with Crippen molar-refractivity contribution in [2.75, 3.05) is 0 Å². The lowest BCUT2D eigenvalue weighted by Crippen LogP contribution is -2.33. The van der Waals surface area contributed by atoms with Crippen molar-refractivity contribution in [3.05, 3.63) is 38.9 Å². The summed E-state index contributed by atoms with van der Waals surface area (Å²) >= 11 is 5.71. The molecule has 0 aliphatic carbocycles. The molecule has 98 valence electrons. The van der Waals surface area contributed by atoms with Gasteiger partial charge < -0.3 is 0 Å². The van der Waals surface area contributed by atoms with Crippen LogP contribution in [0.1, 0.15) is 31.1 Å². The molecule has 0 aromatic heterocycles. The topological polar surface area (TPSA) is 81.5 Å². The number of benzene rings is 1. The van der Waals surface area contributed by atoms with Gasteiger partial charge in [0.2, 0.25) is 0 Å². The van der Waals surface area contributed by atoms with E-state index in [0.717, 1.165) is 0 Å². The van der Waals surface area contributed by atoms with Crippen LogP contribution in [0.15, 0.2) is 18.2 Å². The van der Waals surface area contributed by atoms with Gasteiger partial charge in [0.15, 0.2) is 0 Å². The average molecular weight is 273 g/mol. The van der Waals surface area contributed by atoms with Crippen LogP contribution in [-0.4, -0.2) is 16.4 Å². The molecule has 1 rings (SSSR count). The van der Waals surface area contributed by atoms with Crippen molar-refractivity contribution < 1.29 is 14.6 Å². The lowest BCUT2D eigenvalue weighted by molar-refractivity contribution is -0.385. The van der Waals surface area contributed by atoms with E-state index in [-0.39, 0.29) is 16.3 Å². The molecule has 1 aromatic carbocycles. The van der Waals surface area contributed by atoms with Crippen LogP contribution in [0, 0.1) is 10.1 Å². The lowest BCUT2D eigenvalue weighted by atomic mass is 10.1. The summed E-state index contributed by atoms with van der Waals surface area (Å²) in [5.74, 6) is -0.709. The van der Waals surface area contributed by atoms with Crippen LogP contribution < -0.4 is 5.48 Å². The first-order valence-corrected chi connectivity index (χ1v) is 5.51. The van der Waals surface area contributed by atoms with Gasteiger partial charge >= 0.3 is 0 Å². The molecule has 7 heteroatoms. The van der Waals surface area contributed by atoms with E-state index in [1.807, 2.05) is 0 Å². The summed E-state index contributed by atoms with van der Waals surface area (Å²) < 4.78 is 0. The Morgan fingerprint density at radius 3 is 2.56 bits per heavy atom. The van der Waals surface area contributed by atoms with E-state index >= 15 is 0 Å². The molecule has 1 aromatic rings. The van der Waals surface area contributed by atoms with Gasteiger partial charge in [-0.3, -0.25) is 19.7 Å². The van der Waals surface area contributed by atoms with Crippen molar-refractivity contribution in [3.8, 4) is 0 Å². The summed E-state index contributed by atoms with van der Waals surface area (Å²) in [6.45, 7) is 5.21. The van der Waals surface area contributed by atoms with Crippen molar-refractivity contribution >= 4 is 23.2 Å². The van der Waals surface area contributed by atoms with Crippen molar-refractivity contribution in [1.82, 2.24) is 5.48 Å². The number of amides is 1. The van der Waals surface area contributed by atoms with E-state index in [0.29, 0.717) is 0 Å². The quantitative estimate of drug-likeness (QED) is 0.677. The predicted molar refractivity (Wildman–Crippen MR) is 66.4 cm³/mol. The minimum atomic E-state index is -0.709. The Kier molecular flexibility index (Phi) is 4.26. The first-order valence-electron chi connectivity index (χ1n) is 5.13. The second-order valence-corrected chi connectivity index (χ2v) is 5.00. The number of rotatable bonds is 3. The summed E-state index contributed by atoms with van der Waals surface area (Å²) in [6.07, 6.45) is 0. The monoisotopic (exact) mass is 272 g/mol. The van der Waals surface area contributed by atoms with Gasteiger partial charge in [-0.05, 0) is 32.9 Å². The van der Waals surface area contributed by atoms with Gasteiger partial charge in [-0.2, -0.15) is 0 Å². The number of nitrogens with one attached hydrogen (secondary N) is 1. The Balaban J connectivity index is 2.97. The molecular weight excluding hydrogens is 260 g/mol. The number of nitro benzene ring substituents is 1. The third-order valence-corrected chi connectivity index (χ3v) is 2.08. The molecule has 6 nitrogen and oxygen atoms in total. The van der Waals surface area contributed by atoms with Gasteiger partial charge in [-0.15, -0.1) is 0 Å². The number of hydrogen-bond acceptors (Lipinski definition) is 4. The number of carbonyl (C=O) groups is 1. The molecule has 0 bridgehead atoms. The van der Waals surface area contributed by atoms with E-state index < -0.39 is 16.4 Å². The number of hydrogen-bond donors (Lipinski definition) is 1. The molecule has 0 aliphatic rings.